The molecule has 1 aromatic carbocycles. The van der Waals surface area contributed by atoms with Crippen LogP contribution in [0.1, 0.15) is 63.2 Å². The van der Waals surface area contributed by atoms with Gasteiger partial charge in [0, 0.05) is 29.5 Å². The summed E-state index contributed by atoms with van der Waals surface area (Å²) in [5.41, 5.74) is 2.88. The maximum atomic E-state index is 13.2. The van der Waals surface area contributed by atoms with E-state index in [0.29, 0.717) is 35.3 Å². The van der Waals surface area contributed by atoms with Gasteiger partial charge in [0.1, 0.15) is 12.4 Å². The predicted molar refractivity (Wildman–Crippen MR) is 131 cm³/mol. The number of esters is 1. The van der Waals surface area contributed by atoms with Gasteiger partial charge in [-0.1, -0.05) is 6.07 Å². The number of hydrogen-bond donors (Lipinski definition) is 5. The zero-order chi connectivity index (χ0) is 26.7. The number of nitrogens with zero attached hydrogens (tertiary/aromatic N) is 1. The Morgan fingerprint density at radius 2 is 1.86 bits per heavy atom. The van der Waals surface area contributed by atoms with Crippen molar-refractivity contribution in [3.63, 3.8) is 0 Å². The van der Waals surface area contributed by atoms with Crippen LogP contribution in [0.25, 0.3) is 0 Å². The number of hydrogen-bond acceptors (Lipinski definition) is 8. The van der Waals surface area contributed by atoms with Crippen molar-refractivity contribution >= 4 is 35.4 Å². The molecule has 2 fully saturated rings. The minimum absolute atomic E-state index is 0.0177. The second kappa shape index (κ2) is 10.8. The summed E-state index contributed by atoms with van der Waals surface area (Å²) in [6.07, 6.45) is 3.65. The van der Waals surface area contributed by atoms with Crippen LogP contribution in [0.4, 0.5) is 10.5 Å². The molecule has 1 heterocycles. The fourth-order valence-corrected chi connectivity index (χ4v) is 3.69. The minimum atomic E-state index is -0.967. The monoisotopic (exact) mass is 511 g/mol. The molecular formula is C25H29N5O7. The summed E-state index contributed by atoms with van der Waals surface area (Å²) >= 11 is 0. The lowest BCUT2D eigenvalue weighted by atomic mass is 10.1. The fourth-order valence-electron chi connectivity index (χ4n) is 3.69. The zero-order valence-corrected chi connectivity index (χ0v) is 20.6. The van der Waals surface area contributed by atoms with Crippen LogP contribution >= 0.6 is 0 Å². The van der Waals surface area contributed by atoms with Crippen LogP contribution < -0.4 is 10.6 Å². The van der Waals surface area contributed by atoms with E-state index in [1.54, 1.807) is 25.1 Å². The number of rotatable bonds is 9. The molecule has 0 unspecified atom stereocenters. The molecule has 2 aliphatic carbocycles. The Balaban J connectivity index is 1.46. The lowest BCUT2D eigenvalue weighted by Gasteiger charge is -2.20. The van der Waals surface area contributed by atoms with Crippen LogP contribution in [0.2, 0.25) is 0 Å². The first kappa shape index (κ1) is 25.9. The van der Waals surface area contributed by atoms with E-state index in [1.807, 2.05) is 6.92 Å². The van der Waals surface area contributed by atoms with Crippen molar-refractivity contribution in [2.45, 2.75) is 51.6 Å². The first-order valence-corrected chi connectivity index (χ1v) is 11.9. The number of ether oxygens (including phenoxy) is 2. The molecular weight excluding hydrogens is 482 g/mol. The summed E-state index contributed by atoms with van der Waals surface area (Å²) in [6.45, 7) is 1.93. The molecule has 1 aromatic heterocycles. The Morgan fingerprint density at radius 3 is 2.51 bits per heavy atom. The first-order valence-electron chi connectivity index (χ1n) is 11.9. The molecule has 3 amide bonds. The number of carbonyl (C=O) groups is 4. The normalized spacial score (nSPS) is 14.5. The van der Waals surface area contributed by atoms with Crippen LogP contribution in [-0.4, -0.2) is 70.2 Å². The largest absolute Gasteiger partial charge is 0.426 e. The van der Waals surface area contributed by atoms with Crippen LogP contribution in [-0.2, 0) is 14.3 Å². The molecule has 2 aliphatic rings. The molecule has 12 heteroatoms. The Hall–Kier alpha value is -4.19. The summed E-state index contributed by atoms with van der Waals surface area (Å²) in [6, 6.07) is 5.10. The summed E-state index contributed by atoms with van der Waals surface area (Å²) in [7, 11) is 0. The topological polar surface area (TPSA) is 174 Å². The molecule has 4 rings (SSSR count). The van der Waals surface area contributed by atoms with Gasteiger partial charge in [-0.25, -0.2) is 14.5 Å². The molecule has 2 aromatic rings. The number of imide groups is 1. The van der Waals surface area contributed by atoms with Gasteiger partial charge in [-0.15, -0.1) is 0 Å². The Kier molecular flexibility index (Phi) is 7.58. The summed E-state index contributed by atoms with van der Waals surface area (Å²) < 4.78 is 9.41. The maximum absolute atomic E-state index is 13.2. The third-order valence-electron chi connectivity index (χ3n) is 6.15. The molecule has 196 valence electrons. The number of benzene rings is 1. The van der Waals surface area contributed by atoms with Crippen molar-refractivity contribution in [3.05, 3.63) is 52.3 Å². The van der Waals surface area contributed by atoms with Gasteiger partial charge in [-0.3, -0.25) is 15.0 Å². The number of aromatic amines is 1. The average Bonchev–Trinajstić information content (AvgIpc) is 3.80. The van der Waals surface area contributed by atoms with E-state index in [-0.39, 0.29) is 29.4 Å². The molecule has 37 heavy (non-hydrogen) atoms. The van der Waals surface area contributed by atoms with E-state index >= 15 is 0 Å². The van der Waals surface area contributed by atoms with Gasteiger partial charge in [0.15, 0.2) is 0 Å². The molecule has 2 saturated carbocycles. The van der Waals surface area contributed by atoms with E-state index in [1.165, 1.54) is 6.20 Å². The van der Waals surface area contributed by atoms with Crippen molar-refractivity contribution in [2.24, 2.45) is 0 Å². The summed E-state index contributed by atoms with van der Waals surface area (Å²) in [4.78, 5) is 53.1. The van der Waals surface area contributed by atoms with Crippen molar-refractivity contribution in [3.8, 4) is 0 Å². The second-order valence-corrected chi connectivity index (χ2v) is 9.09. The lowest BCUT2D eigenvalue weighted by molar-refractivity contribution is -0.155. The number of aliphatic hydroxyl groups excluding tert-OH is 1. The minimum Gasteiger partial charge on any atom is -0.426 e. The zero-order valence-electron chi connectivity index (χ0n) is 20.6. The van der Waals surface area contributed by atoms with Crippen molar-refractivity contribution in [1.82, 2.24) is 15.2 Å². The van der Waals surface area contributed by atoms with Gasteiger partial charge in [0.05, 0.1) is 11.3 Å². The Labute approximate surface area is 212 Å². The Morgan fingerprint density at radius 1 is 1.14 bits per heavy atom. The van der Waals surface area contributed by atoms with Crippen LogP contribution in [0.3, 0.4) is 0 Å². The summed E-state index contributed by atoms with van der Waals surface area (Å²) in [5, 5.41) is 23.2. The molecule has 0 atom stereocenters. The SMILES string of the molecule is Cc1ccc(C(=O)NC2CC2)cc1NC(=N)c1[nH]cc(C(=O)N(C(=O)OCOC(=O)CO)C2CC2)c1C. The number of amidine groups is 1. The van der Waals surface area contributed by atoms with E-state index in [2.05, 4.69) is 20.4 Å². The van der Waals surface area contributed by atoms with Crippen molar-refractivity contribution < 1.29 is 33.8 Å². The van der Waals surface area contributed by atoms with E-state index < -0.39 is 31.4 Å². The average molecular weight is 512 g/mol. The highest BCUT2D eigenvalue weighted by Gasteiger charge is 2.40. The quantitative estimate of drug-likeness (QED) is 0.147. The number of aryl methyl sites for hydroxylation is 1. The van der Waals surface area contributed by atoms with Crippen molar-refractivity contribution in [2.75, 3.05) is 18.7 Å². The maximum Gasteiger partial charge on any atom is 0.419 e. The number of aromatic nitrogens is 1. The Bertz CT molecular complexity index is 1250. The van der Waals surface area contributed by atoms with Crippen LogP contribution in [0.5, 0.6) is 0 Å². The van der Waals surface area contributed by atoms with Gasteiger partial charge in [-0.2, -0.15) is 0 Å². The molecule has 0 radical (unpaired) electrons. The van der Waals surface area contributed by atoms with Gasteiger partial charge in [0.2, 0.25) is 6.79 Å². The van der Waals surface area contributed by atoms with Gasteiger partial charge in [0.25, 0.3) is 11.8 Å². The van der Waals surface area contributed by atoms with Gasteiger partial charge in [-0.05, 0) is 62.8 Å². The first-order chi connectivity index (χ1) is 17.7. The standard InChI is InChI=1S/C25H29N5O7/c1-13-3-4-15(23(33)28-16-5-6-16)9-19(13)29-22(26)21-14(2)18(10-27-21)24(34)30(17-7-8-17)25(35)37-12-36-20(32)11-31/h3-4,9-10,16-17,27,31H,5-8,11-12H2,1-2H3,(H2,26,29)(H,28,33). The third kappa shape index (κ3) is 6.15. The van der Waals surface area contributed by atoms with E-state index in [4.69, 9.17) is 15.3 Å². The highest BCUT2D eigenvalue weighted by molar-refractivity contribution is 6.11. The van der Waals surface area contributed by atoms with Crippen LogP contribution in [0.15, 0.2) is 24.4 Å². The van der Waals surface area contributed by atoms with Crippen molar-refractivity contribution in [1.29, 1.82) is 5.41 Å². The van der Waals surface area contributed by atoms with Crippen LogP contribution in [0, 0.1) is 19.3 Å². The van der Waals surface area contributed by atoms with Gasteiger partial charge >= 0.3 is 12.1 Å². The molecule has 0 aliphatic heterocycles. The smallest absolute Gasteiger partial charge is 0.419 e. The number of carbonyl (C=O) groups excluding carboxylic acids is 4. The van der Waals surface area contributed by atoms with E-state index in [0.717, 1.165) is 23.3 Å². The van der Waals surface area contributed by atoms with E-state index in [9.17, 15) is 19.2 Å². The molecule has 5 N–H and O–H groups in total. The number of nitrogens with one attached hydrogen (secondary N) is 4. The third-order valence-corrected chi connectivity index (χ3v) is 6.15. The predicted octanol–water partition coefficient (Wildman–Crippen LogP) is 2.20. The highest BCUT2D eigenvalue weighted by Crippen LogP contribution is 2.30. The van der Waals surface area contributed by atoms with Gasteiger partial charge < -0.3 is 30.2 Å². The number of amides is 3. The molecule has 12 nitrogen and oxygen atoms in total. The molecule has 0 saturated heterocycles. The fraction of sp³-hybridized carbons (Fsp3) is 0.400. The molecule has 0 bridgehead atoms. The molecule has 0 spiro atoms. The second-order valence-electron chi connectivity index (χ2n) is 9.09. The number of anilines is 1. The number of H-pyrrole nitrogens is 1. The highest BCUT2D eigenvalue weighted by atomic mass is 16.7. The number of aliphatic hydroxyl groups is 1. The lowest BCUT2D eigenvalue weighted by Crippen LogP contribution is -2.39. The summed E-state index contributed by atoms with van der Waals surface area (Å²) in [5.74, 6) is -1.75.